The third kappa shape index (κ3) is 5.18. The Morgan fingerprint density at radius 1 is 1.05 bits per heavy atom. The van der Waals surface area contributed by atoms with Crippen molar-refractivity contribution in [3.05, 3.63) is 46.5 Å². The molecular formula is C34H49ClO2. The monoisotopic (exact) mass is 524 g/mol. The van der Waals surface area contributed by atoms with Crippen LogP contribution in [0.2, 0.25) is 5.02 Å². The summed E-state index contributed by atoms with van der Waals surface area (Å²) < 4.78 is 6.00. The smallest absolute Gasteiger partial charge is 0.338 e. The number of halogens is 1. The molecule has 4 aliphatic carbocycles. The van der Waals surface area contributed by atoms with Crippen LogP contribution in [0.1, 0.15) is 116 Å². The first-order valence-electron chi connectivity index (χ1n) is 15.3. The molecule has 0 aromatic heterocycles. The average Bonchev–Trinajstić information content (AvgIpc) is 3.21. The van der Waals surface area contributed by atoms with Crippen LogP contribution in [0.4, 0.5) is 0 Å². The predicted octanol–water partition coefficient (Wildman–Crippen LogP) is 9.91. The van der Waals surface area contributed by atoms with Gasteiger partial charge < -0.3 is 4.74 Å². The minimum atomic E-state index is -0.238. The number of benzene rings is 1. The highest BCUT2D eigenvalue weighted by Crippen LogP contribution is 2.67. The van der Waals surface area contributed by atoms with Gasteiger partial charge in [0.1, 0.15) is 6.10 Å². The van der Waals surface area contributed by atoms with E-state index < -0.39 is 0 Å². The van der Waals surface area contributed by atoms with Crippen molar-refractivity contribution in [2.45, 2.75) is 111 Å². The van der Waals surface area contributed by atoms with Gasteiger partial charge >= 0.3 is 5.97 Å². The molecule has 3 heteroatoms. The van der Waals surface area contributed by atoms with Gasteiger partial charge in [-0.1, -0.05) is 83.2 Å². The maximum absolute atomic E-state index is 12.8. The molecule has 204 valence electrons. The fraction of sp³-hybridized carbons (Fsp3) is 0.735. The summed E-state index contributed by atoms with van der Waals surface area (Å²) in [6.07, 6.45) is 16.7. The van der Waals surface area contributed by atoms with Gasteiger partial charge in [0.15, 0.2) is 0 Å². The molecule has 1 aromatic carbocycles. The highest BCUT2D eigenvalue weighted by molar-refractivity contribution is 6.30. The van der Waals surface area contributed by atoms with E-state index in [4.69, 9.17) is 16.3 Å². The van der Waals surface area contributed by atoms with Gasteiger partial charge in [-0.05, 0) is 109 Å². The van der Waals surface area contributed by atoms with Crippen molar-refractivity contribution in [1.82, 2.24) is 0 Å². The van der Waals surface area contributed by atoms with Gasteiger partial charge in [0.2, 0.25) is 0 Å². The molecule has 3 fully saturated rings. The minimum absolute atomic E-state index is 0.0150. The lowest BCUT2D eigenvalue weighted by Crippen LogP contribution is -2.51. The summed E-state index contributed by atoms with van der Waals surface area (Å²) in [4.78, 5) is 12.8. The van der Waals surface area contributed by atoms with Crippen LogP contribution < -0.4 is 0 Å². The van der Waals surface area contributed by atoms with Crippen LogP contribution in [0.3, 0.4) is 0 Å². The molecule has 2 nitrogen and oxygen atoms in total. The average molecular weight is 525 g/mol. The van der Waals surface area contributed by atoms with Crippen LogP contribution in [-0.4, -0.2) is 12.1 Å². The summed E-state index contributed by atoms with van der Waals surface area (Å²) in [6, 6.07) is 7.12. The first kappa shape index (κ1) is 27.3. The molecule has 0 amide bonds. The maximum atomic E-state index is 12.8. The van der Waals surface area contributed by atoms with Gasteiger partial charge in [-0.2, -0.15) is 0 Å². The van der Waals surface area contributed by atoms with Crippen molar-refractivity contribution in [2.75, 3.05) is 0 Å². The Morgan fingerprint density at radius 3 is 2.62 bits per heavy atom. The van der Waals surface area contributed by atoms with Gasteiger partial charge in [-0.3, -0.25) is 0 Å². The molecule has 8 atom stereocenters. The quantitative estimate of drug-likeness (QED) is 0.262. The lowest BCUT2D eigenvalue weighted by molar-refractivity contribution is -0.0594. The van der Waals surface area contributed by atoms with Crippen LogP contribution in [0.5, 0.6) is 0 Å². The Hall–Kier alpha value is -1.28. The second-order valence-electron chi connectivity index (χ2n) is 14.1. The molecule has 37 heavy (non-hydrogen) atoms. The summed E-state index contributed by atoms with van der Waals surface area (Å²) in [6.45, 7) is 12.5. The van der Waals surface area contributed by atoms with Gasteiger partial charge in [0.05, 0.1) is 5.56 Å². The number of fused-ring (bicyclic) bond motifs is 5. The van der Waals surface area contributed by atoms with Gasteiger partial charge in [-0.25, -0.2) is 4.79 Å². The summed E-state index contributed by atoms with van der Waals surface area (Å²) in [5.74, 6) is 4.88. The predicted molar refractivity (Wildman–Crippen MR) is 154 cm³/mol. The van der Waals surface area contributed by atoms with Crippen LogP contribution in [0.25, 0.3) is 0 Å². The van der Waals surface area contributed by atoms with Crippen LogP contribution >= 0.6 is 11.6 Å². The van der Waals surface area contributed by atoms with Gasteiger partial charge in [-0.15, -0.1) is 0 Å². The van der Waals surface area contributed by atoms with E-state index >= 15 is 0 Å². The Balaban J connectivity index is 1.25. The topological polar surface area (TPSA) is 26.3 Å². The molecule has 0 N–H and O–H groups in total. The van der Waals surface area contributed by atoms with Gasteiger partial charge in [0.25, 0.3) is 0 Å². The van der Waals surface area contributed by atoms with E-state index in [0.29, 0.717) is 16.0 Å². The fourth-order valence-electron chi connectivity index (χ4n) is 9.59. The number of hydrogen-bond acceptors (Lipinski definition) is 2. The largest absolute Gasteiger partial charge is 0.458 e. The van der Waals surface area contributed by atoms with E-state index in [1.54, 1.807) is 23.8 Å². The first-order chi connectivity index (χ1) is 17.6. The van der Waals surface area contributed by atoms with E-state index in [1.165, 1.54) is 51.4 Å². The third-order valence-corrected chi connectivity index (χ3v) is 11.8. The highest BCUT2D eigenvalue weighted by atomic mass is 35.5. The molecule has 5 rings (SSSR count). The fourth-order valence-corrected chi connectivity index (χ4v) is 9.78. The third-order valence-electron chi connectivity index (χ3n) is 11.6. The number of rotatable bonds is 7. The van der Waals surface area contributed by atoms with E-state index in [1.807, 2.05) is 6.07 Å². The molecule has 0 unspecified atom stereocenters. The molecule has 4 aliphatic rings. The number of ether oxygens (including phenoxy) is 1. The van der Waals surface area contributed by atoms with Crippen molar-refractivity contribution < 1.29 is 9.53 Å². The zero-order valence-electron chi connectivity index (χ0n) is 23.9. The first-order valence-corrected chi connectivity index (χ1v) is 15.7. The Bertz CT molecular complexity index is 1010. The zero-order chi connectivity index (χ0) is 26.4. The summed E-state index contributed by atoms with van der Waals surface area (Å²) in [5, 5.41) is 0.579. The second kappa shape index (κ2) is 10.7. The Morgan fingerprint density at radius 2 is 1.86 bits per heavy atom. The van der Waals surface area contributed by atoms with Crippen molar-refractivity contribution >= 4 is 17.6 Å². The van der Waals surface area contributed by atoms with Crippen LogP contribution in [-0.2, 0) is 4.74 Å². The molecule has 0 heterocycles. The number of carbonyl (C=O) groups is 1. The lowest BCUT2D eigenvalue weighted by Gasteiger charge is -2.58. The standard InChI is InChI=1S/C34H49ClO2/c1-22(2)8-6-9-23(3)29-14-15-30-28-13-12-25-21-27(37-32(36)24-10-7-11-26(35)20-24)16-18-33(25,4)31(28)17-19-34(29,30)5/h7,10-12,20,22-23,27-31H,6,8-9,13-19,21H2,1-5H3/t23-,27+,28-,29-,30+,31-,33+,34-/m1/s1. The molecule has 1 aromatic rings. The van der Waals surface area contributed by atoms with Crippen molar-refractivity contribution in [3.8, 4) is 0 Å². The maximum Gasteiger partial charge on any atom is 0.338 e. The van der Waals surface area contributed by atoms with E-state index in [2.05, 4.69) is 40.7 Å². The molecule has 0 aliphatic heterocycles. The summed E-state index contributed by atoms with van der Waals surface area (Å²) in [7, 11) is 0. The molecule has 3 saturated carbocycles. The van der Waals surface area contributed by atoms with E-state index in [0.717, 1.165) is 54.8 Å². The number of allylic oxidation sites excluding steroid dienone is 1. The Kier molecular flexibility index (Phi) is 7.90. The van der Waals surface area contributed by atoms with Crippen LogP contribution in [0, 0.1) is 46.3 Å². The van der Waals surface area contributed by atoms with E-state index in [9.17, 15) is 4.79 Å². The number of carbonyl (C=O) groups excluding carboxylic acids is 1. The Labute approximate surface area is 231 Å². The zero-order valence-corrected chi connectivity index (χ0v) is 24.7. The summed E-state index contributed by atoms with van der Waals surface area (Å²) >= 11 is 6.10. The van der Waals surface area contributed by atoms with E-state index in [-0.39, 0.29) is 17.5 Å². The molecule has 0 saturated heterocycles. The van der Waals surface area contributed by atoms with Crippen molar-refractivity contribution in [2.24, 2.45) is 46.3 Å². The summed E-state index contributed by atoms with van der Waals surface area (Å²) in [5.41, 5.74) is 2.94. The second-order valence-corrected chi connectivity index (χ2v) is 14.5. The van der Waals surface area contributed by atoms with Crippen LogP contribution in [0.15, 0.2) is 35.9 Å². The van der Waals surface area contributed by atoms with Crippen molar-refractivity contribution in [3.63, 3.8) is 0 Å². The molecule has 0 radical (unpaired) electrons. The molecular weight excluding hydrogens is 476 g/mol. The number of hydrogen-bond donors (Lipinski definition) is 0. The SMILES string of the molecule is CC(C)CCC[C@@H](C)[C@H]1CC[C@H]2[C@H]3CC=C4C[C@@H](OC(=O)c5cccc(Cl)c5)CC[C@]4(C)[C@@H]3CC[C@]12C. The lowest BCUT2D eigenvalue weighted by atomic mass is 9.47. The van der Waals surface area contributed by atoms with Crippen molar-refractivity contribution in [1.29, 1.82) is 0 Å². The normalized spacial score (nSPS) is 37.8. The minimum Gasteiger partial charge on any atom is -0.458 e. The number of esters is 1. The molecule has 0 bridgehead atoms. The molecule has 0 spiro atoms. The van der Waals surface area contributed by atoms with Gasteiger partial charge in [0, 0.05) is 11.4 Å². The highest BCUT2D eigenvalue weighted by Gasteiger charge is 2.59.